The van der Waals surface area contributed by atoms with Crippen molar-refractivity contribution in [1.82, 2.24) is 10.1 Å². The van der Waals surface area contributed by atoms with Gasteiger partial charge in [-0.1, -0.05) is 5.16 Å². The van der Waals surface area contributed by atoms with Gasteiger partial charge in [-0.25, -0.2) is 0 Å². The number of aromatic nitrogens is 2. The van der Waals surface area contributed by atoms with Crippen LogP contribution in [-0.4, -0.2) is 22.9 Å². The standard InChI is InChI=1S/C12H16BrN3O2S/c1-6(2)17-5-8(14)11-15-12(18-16-11)9-4-7(3)10(13)19-9/h4,6,8H,5,14H2,1-3H3. The van der Waals surface area contributed by atoms with E-state index in [0.29, 0.717) is 18.3 Å². The second-order valence-electron chi connectivity index (χ2n) is 4.51. The maximum Gasteiger partial charge on any atom is 0.268 e. The van der Waals surface area contributed by atoms with Crippen LogP contribution < -0.4 is 5.73 Å². The van der Waals surface area contributed by atoms with Crippen LogP contribution in [0, 0.1) is 6.92 Å². The Morgan fingerprint density at radius 3 is 2.84 bits per heavy atom. The highest BCUT2D eigenvalue weighted by molar-refractivity contribution is 9.11. The molecule has 2 heterocycles. The molecule has 5 nitrogen and oxygen atoms in total. The van der Waals surface area contributed by atoms with Gasteiger partial charge in [0, 0.05) is 0 Å². The van der Waals surface area contributed by atoms with Gasteiger partial charge in [-0.2, -0.15) is 4.98 Å². The molecule has 0 aliphatic rings. The minimum Gasteiger partial charge on any atom is -0.377 e. The highest BCUT2D eigenvalue weighted by atomic mass is 79.9. The van der Waals surface area contributed by atoms with E-state index >= 15 is 0 Å². The number of nitrogens with two attached hydrogens (primary N) is 1. The number of thiophene rings is 1. The van der Waals surface area contributed by atoms with Gasteiger partial charge in [-0.15, -0.1) is 11.3 Å². The molecule has 0 bridgehead atoms. The highest BCUT2D eigenvalue weighted by Crippen LogP contribution is 2.34. The Bertz CT molecular complexity index is 533. The summed E-state index contributed by atoms with van der Waals surface area (Å²) in [6, 6.07) is 1.63. The third kappa shape index (κ3) is 3.62. The fourth-order valence-corrected chi connectivity index (χ4v) is 2.88. The van der Waals surface area contributed by atoms with Gasteiger partial charge in [0.1, 0.15) is 0 Å². The summed E-state index contributed by atoms with van der Waals surface area (Å²) >= 11 is 5.03. The second-order valence-corrected chi connectivity index (χ2v) is 6.88. The van der Waals surface area contributed by atoms with Gasteiger partial charge < -0.3 is 15.0 Å². The zero-order valence-electron chi connectivity index (χ0n) is 11.0. The number of hydrogen-bond donors (Lipinski definition) is 1. The zero-order valence-corrected chi connectivity index (χ0v) is 13.4. The molecule has 2 rings (SSSR count). The van der Waals surface area contributed by atoms with Gasteiger partial charge in [-0.05, 0) is 48.3 Å². The van der Waals surface area contributed by atoms with E-state index in [1.165, 1.54) is 0 Å². The molecule has 104 valence electrons. The predicted octanol–water partition coefficient (Wildman–Crippen LogP) is 3.29. The average Bonchev–Trinajstić information content (AvgIpc) is 2.94. The first kappa shape index (κ1) is 14.6. The third-order valence-corrected chi connectivity index (χ3v) is 4.58. The molecule has 2 N–H and O–H groups in total. The molecule has 19 heavy (non-hydrogen) atoms. The summed E-state index contributed by atoms with van der Waals surface area (Å²) in [5.74, 6) is 0.964. The molecule has 2 aromatic heterocycles. The fourth-order valence-electron chi connectivity index (χ4n) is 1.42. The molecule has 0 amide bonds. The first-order valence-electron chi connectivity index (χ1n) is 5.94. The van der Waals surface area contributed by atoms with Crippen LogP contribution in [0.4, 0.5) is 0 Å². The molecule has 0 saturated carbocycles. The van der Waals surface area contributed by atoms with Crippen molar-refractivity contribution in [3.8, 4) is 10.8 Å². The molecule has 0 aliphatic carbocycles. The largest absolute Gasteiger partial charge is 0.377 e. The summed E-state index contributed by atoms with van der Waals surface area (Å²) in [4.78, 5) is 5.25. The minimum atomic E-state index is -0.371. The van der Waals surface area contributed by atoms with E-state index in [2.05, 4.69) is 26.1 Å². The van der Waals surface area contributed by atoms with Gasteiger partial charge in [-0.3, -0.25) is 0 Å². The lowest BCUT2D eigenvalue weighted by Gasteiger charge is -2.10. The molecular formula is C12H16BrN3O2S. The lowest BCUT2D eigenvalue weighted by molar-refractivity contribution is 0.0665. The summed E-state index contributed by atoms with van der Waals surface area (Å²) in [5, 5.41) is 3.91. The number of ether oxygens (including phenoxy) is 1. The van der Waals surface area contributed by atoms with Crippen LogP contribution >= 0.6 is 27.3 Å². The summed E-state index contributed by atoms with van der Waals surface area (Å²) < 4.78 is 11.7. The molecule has 0 spiro atoms. The highest BCUT2D eigenvalue weighted by Gasteiger charge is 2.17. The maximum absolute atomic E-state index is 5.95. The van der Waals surface area contributed by atoms with E-state index in [9.17, 15) is 0 Å². The predicted molar refractivity (Wildman–Crippen MR) is 78.1 cm³/mol. The minimum absolute atomic E-state index is 0.133. The van der Waals surface area contributed by atoms with Gasteiger partial charge in [0.15, 0.2) is 5.82 Å². The molecule has 0 saturated heterocycles. The van der Waals surface area contributed by atoms with Crippen LogP contribution in [0.3, 0.4) is 0 Å². The maximum atomic E-state index is 5.95. The number of nitrogens with zero attached hydrogens (tertiary/aromatic N) is 2. The van der Waals surface area contributed by atoms with Gasteiger partial charge in [0.25, 0.3) is 5.89 Å². The SMILES string of the molecule is Cc1cc(-c2nc(C(N)COC(C)C)no2)sc1Br. The monoisotopic (exact) mass is 345 g/mol. The van der Waals surface area contributed by atoms with Crippen LogP contribution in [-0.2, 0) is 4.74 Å². The topological polar surface area (TPSA) is 74.2 Å². The van der Waals surface area contributed by atoms with E-state index in [1.807, 2.05) is 26.8 Å². The van der Waals surface area contributed by atoms with Crippen LogP contribution in [0.15, 0.2) is 14.4 Å². The molecular weight excluding hydrogens is 330 g/mol. The number of hydrogen-bond acceptors (Lipinski definition) is 6. The third-order valence-electron chi connectivity index (χ3n) is 2.45. The lowest BCUT2D eigenvalue weighted by atomic mass is 10.3. The van der Waals surface area contributed by atoms with Crippen molar-refractivity contribution >= 4 is 27.3 Å². The van der Waals surface area contributed by atoms with E-state index in [4.69, 9.17) is 15.0 Å². The fraction of sp³-hybridized carbons (Fsp3) is 0.500. The molecule has 0 fully saturated rings. The Hall–Kier alpha value is -0.760. The van der Waals surface area contributed by atoms with E-state index < -0.39 is 0 Å². The normalized spacial score (nSPS) is 13.2. The summed E-state index contributed by atoms with van der Waals surface area (Å²) in [6.07, 6.45) is 0.133. The zero-order chi connectivity index (χ0) is 14.0. The first-order valence-corrected chi connectivity index (χ1v) is 7.55. The molecule has 0 aromatic carbocycles. The average molecular weight is 346 g/mol. The van der Waals surface area contributed by atoms with E-state index in [-0.39, 0.29) is 12.1 Å². The Balaban J connectivity index is 2.10. The number of halogens is 1. The summed E-state index contributed by atoms with van der Waals surface area (Å²) in [7, 11) is 0. The van der Waals surface area contributed by atoms with Crippen molar-refractivity contribution in [2.75, 3.05) is 6.61 Å². The molecule has 2 aromatic rings. The molecule has 0 radical (unpaired) electrons. The van der Waals surface area contributed by atoms with Crippen LogP contribution in [0.1, 0.15) is 31.3 Å². The van der Waals surface area contributed by atoms with Gasteiger partial charge >= 0.3 is 0 Å². The van der Waals surface area contributed by atoms with Gasteiger partial charge in [0.05, 0.1) is 27.4 Å². The van der Waals surface area contributed by atoms with Gasteiger partial charge in [0.2, 0.25) is 0 Å². The molecule has 1 unspecified atom stereocenters. The Kier molecular flexibility index (Phi) is 4.72. The Morgan fingerprint density at radius 2 is 2.26 bits per heavy atom. The summed E-state index contributed by atoms with van der Waals surface area (Å²) in [6.45, 7) is 6.31. The second kappa shape index (κ2) is 6.13. The van der Waals surface area contributed by atoms with Crippen molar-refractivity contribution in [3.05, 3.63) is 21.2 Å². The van der Waals surface area contributed by atoms with Crippen LogP contribution in [0.2, 0.25) is 0 Å². The Morgan fingerprint density at radius 1 is 1.53 bits per heavy atom. The number of rotatable bonds is 5. The van der Waals surface area contributed by atoms with Crippen molar-refractivity contribution in [3.63, 3.8) is 0 Å². The van der Waals surface area contributed by atoms with Crippen molar-refractivity contribution in [2.45, 2.75) is 32.9 Å². The quantitative estimate of drug-likeness (QED) is 0.899. The van der Waals surface area contributed by atoms with Crippen LogP contribution in [0.25, 0.3) is 10.8 Å². The van der Waals surface area contributed by atoms with Crippen LogP contribution in [0.5, 0.6) is 0 Å². The van der Waals surface area contributed by atoms with Crippen molar-refractivity contribution in [2.24, 2.45) is 5.73 Å². The lowest BCUT2D eigenvalue weighted by Crippen LogP contribution is -2.20. The summed E-state index contributed by atoms with van der Waals surface area (Å²) in [5.41, 5.74) is 7.10. The molecule has 0 aliphatic heterocycles. The van der Waals surface area contributed by atoms with Crippen molar-refractivity contribution < 1.29 is 9.26 Å². The van der Waals surface area contributed by atoms with E-state index in [1.54, 1.807) is 11.3 Å². The Labute approximate surface area is 124 Å². The molecule has 1 atom stereocenters. The molecule has 7 heteroatoms. The smallest absolute Gasteiger partial charge is 0.268 e. The number of aryl methyl sites for hydroxylation is 1. The van der Waals surface area contributed by atoms with Crippen molar-refractivity contribution in [1.29, 1.82) is 0 Å². The van der Waals surface area contributed by atoms with E-state index in [0.717, 1.165) is 14.2 Å². The first-order chi connectivity index (χ1) is 8.97.